The van der Waals surface area contributed by atoms with Crippen molar-refractivity contribution in [1.82, 2.24) is 34.7 Å². The number of furan rings is 1. The number of anilines is 2. The van der Waals surface area contributed by atoms with Gasteiger partial charge in [-0.2, -0.15) is 0 Å². The first-order valence-corrected chi connectivity index (χ1v) is 22.7. The summed E-state index contributed by atoms with van der Waals surface area (Å²) in [6, 6.07) is 16.1. The lowest BCUT2D eigenvalue weighted by Gasteiger charge is -2.36. The summed E-state index contributed by atoms with van der Waals surface area (Å²) >= 11 is 0. The molecule has 2 fully saturated rings. The zero-order chi connectivity index (χ0) is 46.4. The molecule has 5 aromatic rings. The first-order chi connectivity index (χ1) is 32.9. The van der Waals surface area contributed by atoms with Crippen molar-refractivity contribution >= 4 is 46.6 Å². The fraction of sp³-hybridized carbons (Fsp3) is 0.447. The normalized spacial score (nSPS) is 16.3. The maximum absolute atomic E-state index is 13.2. The first-order valence-electron chi connectivity index (χ1n) is 22.7. The van der Waals surface area contributed by atoms with E-state index in [-0.39, 0.29) is 29.9 Å². The highest BCUT2D eigenvalue weighted by molar-refractivity contribution is 6.25. The molecular formula is C47H55N9O11. The van der Waals surface area contributed by atoms with E-state index < -0.39 is 29.7 Å². The third-order valence-corrected chi connectivity index (χ3v) is 11.7. The Hall–Kier alpha value is -6.58. The molecule has 3 aliphatic rings. The highest BCUT2D eigenvalue weighted by Crippen LogP contribution is 2.32. The summed E-state index contributed by atoms with van der Waals surface area (Å²) in [5.41, 5.74) is 4.66. The molecule has 0 saturated carbocycles. The van der Waals surface area contributed by atoms with Gasteiger partial charge in [0.2, 0.25) is 17.7 Å². The fourth-order valence-electron chi connectivity index (χ4n) is 8.23. The van der Waals surface area contributed by atoms with E-state index in [9.17, 15) is 24.0 Å². The van der Waals surface area contributed by atoms with Crippen LogP contribution < -0.4 is 15.5 Å². The SMILES string of the molecule is O=C1CCC(N2C(=O)c3cccc(NCCOCCOCCOCCOCCOCCC(=O)N4CCN(c5ccc(-c6cnc(CCc7ccco7)n7cnnc67)cc5)CC4)c3C2=O)C(=O)N1. The minimum absolute atomic E-state index is 0.0595. The molecular weight excluding hydrogens is 867 g/mol. The standard InChI is InChI=1S/C47H55N9O11/c57-41-13-11-39(45(59)51-41)56-46(60)36-4-1-5-38(43(36)47(56)61)48-15-22-63-24-26-65-28-30-66-29-27-64-25-23-62-21-14-42(58)54-18-16-53(17-19-54)34-8-6-33(7-9-34)37-31-49-40(55-32-50-52-44(37)55)12-10-35-3-2-20-67-35/h1-9,20,31-32,39,48H,10-19,21-30H2,(H,51,57,59). The Morgan fingerprint density at radius 2 is 1.46 bits per heavy atom. The average Bonchev–Trinajstić information content (AvgIpc) is 4.12. The lowest BCUT2D eigenvalue weighted by Crippen LogP contribution is -2.54. The lowest BCUT2D eigenvalue weighted by atomic mass is 10.0. The number of ether oxygens (including phenoxy) is 5. The Labute approximate surface area is 386 Å². The van der Waals surface area contributed by atoms with E-state index in [1.54, 1.807) is 30.8 Å². The van der Waals surface area contributed by atoms with Gasteiger partial charge in [0.15, 0.2) is 5.65 Å². The van der Waals surface area contributed by atoms with Crippen LogP contribution >= 0.6 is 0 Å². The molecule has 20 heteroatoms. The van der Waals surface area contributed by atoms with Crippen molar-refractivity contribution in [3.05, 3.63) is 96.1 Å². The number of hydrogen-bond donors (Lipinski definition) is 2. The van der Waals surface area contributed by atoms with E-state index in [4.69, 9.17) is 33.1 Å². The molecule has 6 heterocycles. The van der Waals surface area contributed by atoms with Crippen molar-refractivity contribution < 1.29 is 52.1 Å². The van der Waals surface area contributed by atoms with Gasteiger partial charge in [-0.25, -0.2) is 4.98 Å². The van der Waals surface area contributed by atoms with E-state index in [2.05, 4.69) is 50.0 Å². The van der Waals surface area contributed by atoms with Crippen LogP contribution in [-0.4, -0.2) is 164 Å². The smallest absolute Gasteiger partial charge is 0.264 e. The van der Waals surface area contributed by atoms with Gasteiger partial charge in [-0.3, -0.25) is 38.6 Å². The summed E-state index contributed by atoms with van der Waals surface area (Å²) in [7, 11) is 0. The number of imide groups is 2. The van der Waals surface area contributed by atoms with Crippen molar-refractivity contribution in [2.24, 2.45) is 0 Å². The third-order valence-electron chi connectivity index (χ3n) is 11.7. The van der Waals surface area contributed by atoms with Crippen molar-refractivity contribution in [3.8, 4) is 11.1 Å². The van der Waals surface area contributed by atoms with E-state index >= 15 is 0 Å². The molecule has 0 aliphatic carbocycles. The Balaban J connectivity index is 0.609. The molecule has 20 nitrogen and oxygen atoms in total. The number of nitrogens with one attached hydrogen (secondary N) is 2. The summed E-state index contributed by atoms with van der Waals surface area (Å²) in [5.74, 6) is -0.324. The summed E-state index contributed by atoms with van der Waals surface area (Å²) in [6.45, 7) is 6.97. The quantitative estimate of drug-likeness (QED) is 0.0635. The monoisotopic (exact) mass is 921 g/mol. The molecule has 2 saturated heterocycles. The highest BCUT2D eigenvalue weighted by atomic mass is 16.6. The molecule has 3 aromatic heterocycles. The lowest BCUT2D eigenvalue weighted by molar-refractivity contribution is -0.136. The molecule has 8 rings (SSSR count). The number of piperazine rings is 1. The van der Waals surface area contributed by atoms with Gasteiger partial charge in [0.1, 0.15) is 24.0 Å². The van der Waals surface area contributed by atoms with Crippen LogP contribution in [0.3, 0.4) is 0 Å². The second-order valence-electron chi connectivity index (χ2n) is 16.0. The molecule has 3 aliphatic heterocycles. The summed E-state index contributed by atoms with van der Waals surface area (Å²) in [6.07, 6.45) is 7.16. The zero-order valence-corrected chi connectivity index (χ0v) is 37.3. The number of fused-ring (bicyclic) bond motifs is 2. The van der Waals surface area contributed by atoms with Crippen LogP contribution in [0.15, 0.2) is 77.8 Å². The topological polar surface area (TPSA) is 221 Å². The summed E-state index contributed by atoms with van der Waals surface area (Å²) < 4.78 is 35.4. The molecule has 2 aromatic carbocycles. The number of carbonyl (C=O) groups excluding carboxylic acids is 5. The fourth-order valence-corrected chi connectivity index (χ4v) is 8.23. The molecule has 0 radical (unpaired) electrons. The number of benzene rings is 2. The number of aromatic nitrogens is 4. The third kappa shape index (κ3) is 11.9. The van der Waals surface area contributed by atoms with E-state index in [0.29, 0.717) is 104 Å². The van der Waals surface area contributed by atoms with Gasteiger partial charge in [0, 0.05) is 75.1 Å². The van der Waals surface area contributed by atoms with Crippen molar-refractivity contribution in [2.75, 3.05) is 109 Å². The Morgan fingerprint density at radius 1 is 0.761 bits per heavy atom. The molecule has 354 valence electrons. The Kier molecular flexibility index (Phi) is 16.3. The molecule has 67 heavy (non-hydrogen) atoms. The second-order valence-corrected chi connectivity index (χ2v) is 16.0. The van der Waals surface area contributed by atoms with Gasteiger partial charge in [0.25, 0.3) is 11.8 Å². The van der Waals surface area contributed by atoms with Crippen LogP contribution in [0.1, 0.15) is 51.6 Å². The first kappa shape index (κ1) is 46.9. The highest BCUT2D eigenvalue weighted by Gasteiger charge is 2.45. The van der Waals surface area contributed by atoms with E-state index in [0.717, 1.165) is 58.5 Å². The molecule has 0 bridgehead atoms. The number of hydrogen-bond acceptors (Lipinski definition) is 16. The summed E-state index contributed by atoms with van der Waals surface area (Å²) in [4.78, 5) is 72.9. The van der Waals surface area contributed by atoms with Gasteiger partial charge in [-0.1, -0.05) is 18.2 Å². The van der Waals surface area contributed by atoms with E-state index in [1.807, 2.05) is 27.6 Å². The number of piperidine rings is 1. The van der Waals surface area contributed by atoms with Gasteiger partial charge in [0.05, 0.1) is 89.9 Å². The maximum atomic E-state index is 13.2. The van der Waals surface area contributed by atoms with Gasteiger partial charge >= 0.3 is 0 Å². The van der Waals surface area contributed by atoms with E-state index in [1.165, 1.54) is 0 Å². The van der Waals surface area contributed by atoms with Crippen LogP contribution in [0, 0.1) is 0 Å². The molecule has 2 N–H and O–H groups in total. The number of rotatable bonds is 25. The van der Waals surface area contributed by atoms with Gasteiger partial charge < -0.3 is 43.2 Å². The summed E-state index contributed by atoms with van der Waals surface area (Å²) in [5, 5.41) is 13.9. The minimum Gasteiger partial charge on any atom is -0.469 e. The molecule has 5 amide bonds. The van der Waals surface area contributed by atoms with Crippen LogP contribution in [0.4, 0.5) is 11.4 Å². The largest absolute Gasteiger partial charge is 0.469 e. The Bertz CT molecular complexity index is 2470. The van der Waals surface area contributed by atoms with Crippen LogP contribution in [0.25, 0.3) is 16.8 Å². The number of aryl methyl sites for hydroxylation is 2. The predicted molar refractivity (Wildman–Crippen MR) is 241 cm³/mol. The molecule has 0 spiro atoms. The Morgan fingerprint density at radius 3 is 2.15 bits per heavy atom. The van der Waals surface area contributed by atoms with Crippen LogP contribution in [-0.2, 0) is 50.9 Å². The zero-order valence-electron chi connectivity index (χ0n) is 37.3. The minimum atomic E-state index is -1.02. The predicted octanol–water partition coefficient (Wildman–Crippen LogP) is 2.80. The van der Waals surface area contributed by atoms with Crippen molar-refractivity contribution in [2.45, 2.75) is 38.1 Å². The molecule has 1 atom stereocenters. The van der Waals surface area contributed by atoms with Crippen LogP contribution in [0.2, 0.25) is 0 Å². The van der Waals surface area contributed by atoms with Crippen molar-refractivity contribution in [3.63, 3.8) is 0 Å². The van der Waals surface area contributed by atoms with Crippen molar-refractivity contribution in [1.29, 1.82) is 0 Å². The van der Waals surface area contributed by atoms with Gasteiger partial charge in [-0.05, 0) is 48.4 Å². The molecule has 1 unspecified atom stereocenters. The van der Waals surface area contributed by atoms with Crippen LogP contribution in [0.5, 0.6) is 0 Å². The average molecular weight is 922 g/mol. The number of amides is 5. The number of nitrogens with zero attached hydrogens (tertiary/aromatic N) is 7. The van der Waals surface area contributed by atoms with Gasteiger partial charge in [-0.15, -0.1) is 10.2 Å². The number of carbonyl (C=O) groups is 5. The second kappa shape index (κ2) is 23.2. The maximum Gasteiger partial charge on any atom is 0.264 e.